The molecule has 3 N–H and O–H groups in total. The number of nitro benzene ring substituents is 1. The number of nitrogens with two attached hydrogens (primary N) is 1. The number of nitrogens with zero attached hydrogens (tertiary/aromatic N) is 5. The van der Waals surface area contributed by atoms with Gasteiger partial charge < -0.3 is 10.8 Å². The highest BCUT2D eigenvalue weighted by atomic mass is 16.6. The number of hydrogen-bond donors (Lipinski definition) is 2. The maximum atomic E-state index is 10.7. The molecule has 0 amide bonds. The number of aliphatic hydroxyl groups excluding tert-OH is 1. The van der Waals surface area contributed by atoms with Crippen LogP contribution in [0.4, 0.5) is 11.5 Å². The molecule has 24 heavy (non-hydrogen) atoms. The van der Waals surface area contributed by atoms with Crippen LogP contribution in [0.25, 0.3) is 11.6 Å². The summed E-state index contributed by atoms with van der Waals surface area (Å²) in [5.74, 6) is 0.0615. The summed E-state index contributed by atoms with van der Waals surface area (Å²) >= 11 is 0. The zero-order valence-corrected chi connectivity index (χ0v) is 12.4. The minimum atomic E-state index is -0.524. The number of hydrogen-bond acceptors (Lipinski definition) is 7. The largest absolute Gasteiger partial charge is 0.394 e. The Balaban J connectivity index is 2.49. The number of anilines is 1. The topological polar surface area (TPSA) is 155 Å². The van der Waals surface area contributed by atoms with Gasteiger partial charge in [-0.05, 0) is 23.8 Å². The summed E-state index contributed by atoms with van der Waals surface area (Å²) in [4.78, 5) is 10.1. The van der Waals surface area contributed by atoms with Crippen LogP contribution in [0.5, 0.6) is 0 Å². The van der Waals surface area contributed by atoms with Gasteiger partial charge in [-0.1, -0.05) is 0 Å². The van der Waals surface area contributed by atoms with Gasteiger partial charge in [-0.2, -0.15) is 15.6 Å². The highest BCUT2D eigenvalue weighted by molar-refractivity contribution is 5.91. The molecule has 1 heterocycles. The first-order chi connectivity index (χ1) is 11.5. The molecule has 2 aromatic rings. The zero-order valence-electron chi connectivity index (χ0n) is 12.4. The zero-order chi connectivity index (χ0) is 17.7. The number of aromatic nitrogens is 2. The Morgan fingerprint density at radius 3 is 2.58 bits per heavy atom. The lowest BCUT2D eigenvalue weighted by Gasteiger charge is -1.99. The Morgan fingerprint density at radius 2 is 2.08 bits per heavy atom. The van der Waals surface area contributed by atoms with Crippen LogP contribution in [0.1, 0.15) is 16.8 Å². The van der Waals surface area contributed by atoms with E-state index in [1.807, 2.05) is 12.1 Å². The Hall–Kier alpha value is -3.69. The molecule has 9 nitrogen and oxygen atoms in total. The van der Waals surface area contributed by atoms with Crippen LogP contribution < -0.4 is 5.73 Å². The van der Waals surface area contributed by atoms with Crippen LogP contribution in [0.2, 0.25) is 0 Å². The monoisotopic (exact) mass is 324 g/mol. The number of nitrogen functional groups attached to an aromatic ring is 1. The van der Waals surface area contributed by atoms with Gasteiger partial charge in [-0.25, -0.2) is 4.68 Å². The van der Waals surface area contributed by atoms with Gasteiger partial charge in [0.25, 0.3) is 5.69 Å². The van der Waals surface area contributed by atoms with E-state index in [0.717, 1.165) is 0 Å². The lowest BCUT2D eigenvalue weighted by molar-refractivity contribution is -0.384. The van der Waals surface area contributed by atoms with Crippen molar-refractivity contribution in [2.24, 2.45) is 0 Å². The first kappa shape index (κ1) is 16.7. The second kappa shape index (κ2) is 7.05. The van der Waals surface area contributed by atoms with E-state index in [1.165, 1.54) is 35.0 Å². The first-order valence-corrected chi connectivity index (χ1v) is 6.75. The first-order valence-electron chi connectivity index (χ1n) is 6.75. The number of benzene rings is 1. The molecule has 1 aromatic carbocycles. The molecular weight excluding hydrogens is 312 g/mol. The molecule has 0 fully saturated rings. The van der Waals surface area contributed by atoms with Crippen molar-refractivity contribution in [3.05, 3.63) is 51.2 Å². The quantitative estimate of drug-likeness (QED) is 0.477. The molecule has 0 radical (unpaired) electrons. The summed E-state index contributed by atoms with van der Waals surface area (Å²) in [5.41, 5.74) is 6.49. The molecule has 0 spiro atoms. The number of nitriles is 2. The molecule has 0 aliphatic heterocycles. The number of allylic oxidation sites excluding steroid dienone is 1. The third-order valence-corrected chi connectivity index (χ3v) is 3.21. The minimum absolute atomic E-state index is 0.0400. The fourth-order valence-corrected chi connectivity index (χ4v) is 2.05. The van der Waals surface area contributed by atoms with Gasteiger partial charge >= 0.3 is 0 Å². The summed E-state index contributed by atoms with van der Waals surface area (Å²) in [6.07, 6.45) is 1.45. The van der Waals surface area contributed by atoms with Crippen LogP contribution in [-0.2, 0) is 6.54 Å². The highest BCUT2D eigenvalue weighted by Gasteiger charge is 2.18. The summed E-state index contributed by atoms with van der Waals surface area (Å²) in [6, 6.07) is 9.42. The van der Waals surface area contributed by atoms with E-state index in [9.17, 15) is 20.6 Å². The Morgan fingerprint density at radius 1 is 1.42 bits per heavy atom. The van der Waals surface area contributed by atoms with E-state index in [-0.39, 0.29) is 41.5 Å². The van der Waals surface area contributed by atoms with Crippen molar-refractivity contribution in [3.8, 4) is 12.1 Å². The molecule has 0 aliphatic rings. The van der Waals surface area contributed by atoms with Crippen molar-refractivity contribution >= 4 is 23.2 Å². The van der Waals surface area contributed by atoms with Crippen LogP contribution >= 0.6 is 0 Å². The lowest BCUT2D eigenvalue weighted by atomic mass is 10.1. The van der Waals surface area contributed by atoms with Gasteiger partial charge in [0.1, 0.15) is 29.2 Å². The maximum absolute atomic E-state index is 10.7. The highest BCUT2D eigenvalue weighted by Crippen LogP contribution is 2.25. The van der Waals surface area contributed by atoms with Crippen LogP contribution in [0, 0.1) is 32.8 Å². The predicted octanol–water partition coefficient (Wildman–Crippen LogP) is 1.30. The number of rotatable bonds is 5. The smallest absolute Gasteiger partial charge is 0.269 e. The van der Waals surface area contributed by atoms with Crippen molar-refractivity contribution in [1.82, 2.24) is 9.78 Å². The molecule has 0 saturated heterocycles. The van der Waals surface area contributed by atoms with E-state index in [0.29, 0.717) is 5.56 Å². The summed E-state index contributed by atoms with van der Waals surface area (Å²) in [5, 5.41) is 42.3. The van der Waals surface area contributed by atoms with E-state index in [4.69, 9.17) is 10.8 Å². The average Bonchev–Trinajstić information content (AvgIpc) is 2.89. The maximum Gasteiger partial charge on any atom is 0.269 e. The molecule has 0 atom stereocenters. The summed E-state index contributed by atoms with van der Waals surface area (Å²) in [6.45, 7) is -0.124. The molecule has 0 unspecified atom stereocenters. The predicted molar refractivity (Wildman–Crippen MR) is 85.0 cm³/mol. The minimum Gasteiger partial charge on any atom is -0.394 e. The summed E-state index contributed by atoms with van der Waals surface area (Å²) in [7, 11) is 0. The van der Waals surface area contributed by atoms with Gasteiger partial charge in [0.15, 0.2) is 0 Å². The van der Waals surface area contributed by atoms with Gasteiger partial charge in [-0.3, -0.25) is 10.1 Å². The van der Waals surface area contributed by atoms with Crippen LogP contribution in [0.15, 0.2) is 24.3 Å². The number of aliphatic hydroxyl groups is 1. The van der Waals surface area contributed by atoms with Crippen LogP contribution in [0.3, 0.4) is 0 Å². The van der Waals surface area contributed by atoms with Crippen LogP contribution in [-0.4, -0.2) is 26.4 Å². The fraction of sp³-hybridized carbons (Fsp3) is 0.133. The standard InChI is InChI=1S/C15H12N6O3/c16-8-11(7-10-1-3-12(4-2-10)21(23)24)14-13(9-17)15(18)20(19-14)5-6-22/h1-4,7,22H,5-6,18H2/b11-7+. The van der Waals surface area contributed by atoms with Gasteiger partial charge in [0, 0.05) is 12.1 Å². The summed E-state index contributed by atoms with van der Waals surface area (Å²) < 4.78 is 1.24. The van der Waals surface area contributed by atoms with Gasteiger partial charge in [0.05, 0.1) is 23.6 Å². The van der Waals surface area contributed by atoms with E-state index in [2.05, 4.69) is 5.10 Å². The molecule has 1 aromatic heterocycles. The van der Waals surface area contributed by atoms with Crippen molar-refractivity contribution in [2.45, 2.75) is 6.54 Å². The van der Waals surface area contributed by atoms with E-state index < -0.39 is 4.92 Å². The third-order valence-electron chi connectivity index (χ3n) is 3.21. The lowest BCUT2D eigenvalue weighted by Crippen LogP contribution is -2.07. The van der Waals surface area contributed by atoms with E-state index in [1.54, 1.807) is 0 Å². The fourth-order valence-electron chi connectivity index (χ4n) is 2.05. The SMILES string of the molecule is N#C/C(=C\c1ccc([N+](=O)[O-])cc1)c1nn(CCO)c(N)c1C#N. The second-order valence-electron chi connectivity index (χ2n) is 4.69. The molecule has 0 saturated carbocycles. The van der Waals surface area contributed by atoms with E-state index >= 15 is 0 Å². The second-order valence-corrected chi connectivity index (χ2v) is 4.69. The number of non-ortho nitro benzene ring substituents is 1. The molecule has 9 heteroatoms. The van der Waals surface area contributed by atoms with Gasteiger partial charge in [0.2, 0.25) is 0 Å². The molecular formula is C15H12N6O3. The molecule has 0 bridgehead atoms. The van der Waals surface area contributed by atoms with Crippen molar-refractivity contribution in [3.63, 3.8) is 0 Å². The van der Waals surface area contributed by atoms with Crippen molar-refractivity contribution in [1.29, 1.82) is 10.5 Å². The number of nitro groups is 1. The average molecular weight is 324 g/mol. The molecule has 120 valence electrons. The Labute approximate surface area is 136 Å². The van der Waals surface area contributed by atoms with Crippen molar-refractivity contribution < 1.29 is 10.0 Å². The Kier molecular flexibility index (Phi) is 4.90. The Bertz CT molecular complexity index is 884. The normalized spacial score (nSPS) is 10.9. The third kappa shape index (κ3) is 3.21. The molecule has 2 rings (SSSR count). The van der Waals surface area contributed by atoms with Gasteiger partial charge in [-0.15, -0.1) is 0 Å². The van der Waals surface area contributed by atoms with Crippen molar-refractivity contribution in [2.75, 3.05) is 12.3 Å². The molecule has 0 aliphatic carbocycles.